The number of carbonyl (C=O) groups excluding carboxylic acids is 1. The molecule has 0 fully saturated rings. The van der Waals surface area contributed by atoms with Gasteiger partial charge in [-0.2, -0.15) is 5.26 Å². The Morgan fingerprint density at radius 2 is 2.06 bits per heavy atom. The molecule has 1 heterocycles. The monoisotopic (exact) mass is 217 g/mol. The summed E-state index contributed by atoms with van der Waals surface area (Å²) in [7, 11) is 0. The van der Waals surface area contributed by atoms with Crippen LogP contribution in [0.15, 0.2) is 12.1 Å². The summed E-state index contributed by atoms with van der Waals surface area (Å²) in [5.41, 5.74) is 1.24. The predicted molar refractivity (Wildman–Crippen MR) is 56.8 cm³/mol. The molecule has 0 unspecified atom stereocenters. The highest BCUT2D eigenvalue weighted by Gasteiger charge is 2.18. The van der Waals surface area contributed by atoms with E-state index in [2.05, 4.69) is 6.07 Å². The van der Waals surface area contributed by atoms with Crippen molar-refractivity contribution in [1.82, 2.24) is 0 Å². The lowest BCUT2D eigenvalue weighted by molar-refractivity contribution is 0.111. The largest absolute Gasteiger partial charge is 0.489 e. The summed E-state index contributed by atoms with van der Waals surface area (Å²) < 4.78 is 11.0. The van der Waals surface area contributed by atoms with Gasteiger partial charge in [-0.25, -0.2) is 0 Å². The molecule has 1 aromatic rings. The molecule has 0 bridgehead atoms. The van der Waals surface area contributed by atoms with Crippen LogP contribution in [0.5, 0.6) is 11.5 Å². The van der Waals surface area contributed by atoms with Crippen LogP contribution in [-0.2, 0) is 6.42 Å². The number of hydrogen-bond acceptors (Lipinski definition) is 4. The van der Waals surface area contributed by atoms with Crippen LogP contribution in [0.4, 0.5) is 0 Å². The molecular weight excluding hydrogens is 206 g/mol. The summed E-state index contributed by atoms with van der Waals surface area (Å²) in [5, 5.41) is 8.70. The molecule has 0 aliphatic carbocycles. The molecule has 0 saturated carbocycles. The standard InChI is InChI=1S/C12H11NO3/c13-5-4-9-2-3-10(8-14)12-11(9)15-6-1-7-16-12/h2-3,8H,1,4,6-7H2. The molecule has 82 valence electrons. The molecule has 2 rings (SSSR count). The van der Waals surface area contributed by atoms with Gasteiger partial charge in [0.25, 0.3) is 0 Å². The molecule has 0 radical (unpaired) electrons. The summed E-state index contributed by atoms with van der Waals surface area (Å²) in [6.45, 7) is 1.08. The van der Waals surface area contributed by atoms with Crippen LogP contribution in [0.2, 0.25) is 0 Å². The van der Waals surface area contributed by atoms with Gasteiger partial charge in [0.15, 0.2) is 17.8 Å². The zero-order valence-corrected chi connectivity index (χ0v) is 8.73. The first-order chi connectivity index (χ1) is 7.86. The summed E-state index contributed by atoms with van der Waals surface area (Å²) in [6.07, 6.45) is 1.77. The molecule has 4 heteroatoms. The second kappa shape index (κ2) is 4.67. The fraction of sp³-hybridized carbons (Fsp3) is 0.333. The van der Waals surface area contributed by atoms with Crippen molar-refractivity contribution in [2.75, 3.05) is 13.2 Å². The van der Waals surface area contributed by atoms with Crippen molar-refractivity contribution in [3.8, 4) is 17.6 Å². The number of nitriles is 1. The second-order valence-electron chi connectivity index (χ2n) is 3.48. The molecule has 0 spiro atoms. The summed E-state index contributed by atoms with van der Waals surface area (Å²) in [4.78, 5) is 10.9. The Labute approximate surface area is 93.4 Å². The number of aldehydes is 1. The Morgan fingerprint density at radius 3 is 2.75 bits per heavy atom. The average molecular weight is 217 g/mol. The van der Waals surface area contributed by atoms with Gasteiger partial charge in [-0.05, 0) is 6.07 Å². The first kappa shape index (κ1) is 10.5. The van der Waals surface area contributed by atoms with Gasteiger partial charge in [-0.3, -0.25) is 4.79 Å². The molecule has 1 aromatic carbocycles. The highest BCUT2D eigenvalue weighted by atomic mass is 16.5. The molecule has 0 amide bonds. The minimum atomic E-state index is 0.255. The van der Waals surface area contributed by atoms with Crippen LogP contribution in [-0.4, -0.2) is 19.5 Å². The summed E-state index contributed by atoms with van der Waals surface area (Å²) >= 11 is 0. The van der Waals surface area contributed by atoms with E-state index in [0.717, 1.165) is 18.3 Å². The number of rotatable bonds is 2. The lowest BCUT2D eigenvalue weighted by Gasteiger charge is -2.12. The van der Waals surface area contributed by atoms with Crippen molar-refractivity contribution in [1.29, 1.82) is 5.26 Å². The van der Waals surface area contributed by atoms with Gasteiger partial charge in [0.1, 0.15) is 0 Å². The maximum Gasteiger partial charge on any atom is 0.171 e. The van der Waals surface area contributed by atoms with Crippen LogP contribution >= 0.6 is 0 Å². The molecule has 4 nitrogen and oxygen atoms in total. The highest BCUT2D eigenvalue weighted by Crippen LogP contribution is 2.36. The maximum absolute atomic E-state index is 10.9. The average Bonchev–Trinajstić information content (AvgIpc) is 2.55. The normalized spacial score (nSPS) is 13.7. The Bertz CT molecular complexity index is 448. The first-order valence-electron chi connectivity index (χ1n) is 5.10. The molecule has 0 N–H and O–H groups in total. The van der Waals surface area contributed by atoms with Gasteiger partial charge in [-0.15, -0.1) is 0 Å². The van der Waals surface area contributed by atoms with E-state index in [1.807, 2.05) is 0 Å². The second-order valence-corrected chi connectivity index (χ2v) is 3.48. The van der Waals surface area contributed by atoms with Gasteiger partial charge < -0.3 is 9.47 Å². The van der Waals surface area contributed by atoms with E-state index < -0.39 is 0 Å². The zero-order chi connectivity index (χ0) is 11.4. The van der Waals surface area contributed by atoms with Crippen molar-refractivity contribution in [2.24, 2.45) is 0 Å². The van der Waals surface area contributed by atoms with Crippen molar-refractivity contribution in [2.45, 2.75) is 12.8 Å². The predicted octanol–water partition coefficient (Wildman–Crippen LogP) is 1.73. The number of benzene rings is 1. The Hall–Kier alpha value is -2.02. The van der Waals surface area contributed by atoms with Gasteiger partial charge >= 0.3 is 0 Å². The maximum atomic E-state index is 10.9. The lowest BCUT2D eigenvalue weighted by Crippen LogP contribution is -1.99. The number of fused-ring (bicyclic) bond motifs is 1. The SMILES string of the molecule is N#CCc1ccc(C=O)c2c1OCCCO2. The first-order valence-corrected chi connectivity index (χ1v) is 5.10. The Morgan fingerprint density at radius 1 is 1.31 bits per heavy atom. The van der Waals surface area contributed by atoms with Crippen molar-refractivity contribution < 1.29 is 14.3 Å². The summed E-state index contributed by atoms with van der Waals surface area (Å²) in [6, 6.07) is 5.46. The third-order valence-electron chi connectivity index (χ3n) is 2.40. The van der Waals surface area contributed by atoms with Crippen LogP contribution in [0.1, 0.15) is 22.3 Å². The van der Waals surface area contributed by atoms with E-state index in [-0.39, 0.29) is 6.42 Å². The molecule has 16 heavy (non-hydrogen) atoms. The fourth-order valence-electron chi connectivity index (χ4n) is 1.65. The van der Waals surface area contributed by atoms with E-state index >= 15 is 0 Å². The quantitative estimate of drug-likeness (QED) is 0.708. The smallest absolute Gasteiger partial charge is 0.171 e. The third-order valence-corrected chi connectivity index (χ3v) is 2.40. The molecule has 0 saturated heterocycles. The van der Waals surface area contributed by atoms with Crippen molar-refractivity contribution >= 4 is 6.29 Å². The number of ether oxygens (including phenoxy) is 2. The van der Waals surface area contributed by atoms with Gasteiger partial charge in [0.2, 0.25) is 0 Å². The van der Waals surface area contributed by atoms with Gasteiger partial charge in [-0.1, -0.05) is 6.07 Å². The Balaban J connectivity index is 2.52. The topological polar surface area (TPSA) is 59.3 Å². The minimum absolute atomic E-state index is 0.255. The molecule has 1 aliphatic heterocycles. The van der Waals surface area contributed by atoms with Crippen LogP contribution in [0.25, 0.3) is 0 Å². The molecule has 0 atom stereocenters. The number of nitrogens with zero attached hydrogens (tertiary/aromatic N) is 1. The third kappa shape index (κ3) is 1.84. The zero-order valence-electron chi connectivity index (χ0n) is 8.73. The minimum Gasteiger partial charge on any atom is -0.489 e. The van der Waals surface area contributed by atoms with Crippen LogP contribution < -0.4 is 9.47 Å². The Kier molecular flexibility index (Phi) is 3.06. The van der Waals surface area contributed by atoms with E-state index in [4.69, 9.17) is 14.7 Å². The fourth-order valence-corrected chi connectivity index (χ4v) is 1.65. The lowest BCUT2D eigenvalue weighted by atomic mass is 10.1. The van der Waals surface area contributed by atoms with Crippen LogP contribution in [0, 0.1) is 11.3 Å². The molecular formula is C12H11NO3. The van der Waals surface area contributed by atoms with Gasteiger partial charge in [0.05, 0.1) is 31.3 Å². The van der Waals surface area contributed by atoms with Gasteiger partial charge in [0, 0.05) is 12.0 Å². The van der Waals surface area contributed by atoms with E-state index in [0.29, 0.717) is 30.3 Å². The number of hydrogen-bond donors (Lipinski definition) is 0. The van der Waals surface area contributed by atoms with E-state index in [1.165, 1.54) is 0 Å². The van der Waals surface area contributed by atoms with Crippen molar-refractivity contribution in [3.05, 3.63) is 23.3 Å². The van der Waals surface area contributed by atoms with E-state index in [1.54, 1.807) is 12.1 Å². The molecule has 1 aliphatic rings. The number of carbonyl (C=O) groups is 1. The highest BCUT2D eigenvalue weighted by molar-refractivity contribution is 5.82. The molecule has 0 aromatic heterocycles. The van der Waals surface area contributed by atoms with Crippen molar-refractivity contribution in [3.63, 3.8) is 0 Å². The van der Waals surface area contributed by atoms with E-state index in [9.17, 15) is 4.79 Å². The summed E-state index contributed by atoms with van der Waals surface area (Å²) in [5.74, 6) is 1.02. The van der Waals surface area contributed by atoms with Crippen LogP contribution in [0.3, 0.4) is 0 Å².